The van der Waals surface area contributed by atoms with Crippen molar-refractivity contribution in [3.05, 3.63) is 29.0 Å². The molecule has 1 fully saturated rings. The summed E-state index contributed by atoms with van der Waals surface area (Å²) in [7, 11) is 0. The van der Waals surface area contributed by atoms with Gasteiger partial charge in [0.2, 0.25) is 0 Å². The first kappa shape index (κ1) is 12.8. The highest BCUT2D eigenvalue weighted by atomic mass is 79.9. The molecule has 1 aliphatic rings. The molecule has 0 atom stereocenters. The maximum atomic E-state index is 9.09. The van der Waals surface area contributed by atoms with Crippen molar-refractivity contribution in [1.82, 2.24) is 9.97 Å². The molecule has 0 bridgehead atoms. The Bertz CT molecular complexity index is 598. The number of halogens is 1. The van der Waals surface area contributed by atoms with E-state index >= 15 is 0 Å². The Kier molecular flexibility index (Phi) is 3.41. The summed E-state index contributed by atoms with van der Waals surface area (Å²) < 4.78 is 0.934. The summed E-state index contributed by atoms with van der Waals surface area (Å²) in [6.07, 6.45) is 6.85. The van der Waals surface area contributed by atoms with Crippen molar-refractivity contribution in [2.45, 2.75) is 19.3 Å². The molecule has 0 radical (unpaired) electrons. The molecule has 0 unspecified atom stereocenters. The van der Waals surface area contributed by atoms with Crippen LogP contribution in [0, 0.1) is 5.41 Å². The van der Waals surface area contributed by atoms with Gasteiger partial charge in [-0.2, -0.15) is 0 Å². The first-order valence-corrected chi connectivity index (χ1v) is 7.27. The van der Waals surface area contributed by atoms with Crippen LogP contribution in [-0.4, -0.2) is 28.2 Å². The summed E-state index contributed by atoms with van der Waals surface area (Å²) in [5, 5.41) is 12.6. The van der Waals surface area contributed by atoms with E-state index in [4.69, 9.17) is 5.11 Å². The van der Waals surface area contributed by atoms with Crippen LogP contribution < -0.4 is 5.32 Å². The van der Waals surface area contributed by atoms with Crippen LogP contribution in [0.3, 0.4) is 0 Å². The average molecular weight is 322 g/mol. The molecule has 2 heterocycles. The van der Waals surface area contributed by atoms with E-state index in [1.807, 2.05) is 12.1 Å². The third-order valence-corrected chi connectivity index (χ3v) is 4.23. The number of anilines is 1. The molecule has 5 heteroatoms. The van der Waals surface area contributed by atoms with Gasteiger partial charge in [0.15, 0.2) is 0 Å². The molecule has 100 valence electrons. The van der Waals surface area contributed by atoms with Crippen molar-refractivity contribution in [2.24, 2.45) is 5.41 Å². The zero-order valence-electron chi connectivity index (χ0n) is 10.6. The highest BCUT2D eigenvalue weighted by Gasteiger charge is 2.41. The fourth-order valence-electron chi connectivity index (χ4n) is 2.36. The van der Waals surface area contributed by atoms with Crippen LogP contribution in [0.5, 0.6) is 0 Å². The van der Waals surface area contributed by atoms with Crippen molar-refractivity contribution >= 4 is 32.7 Å². The SMILES string of the molecule is OCCC1(CNc2ccnc3cc(Br)cnc23)CC1. The molecule has 0 saturated heterocycles. The van der Waals surface area contributed by atoms with Crippen molar-refractivity contribution in [3.8, 4) is 0 Å². The maximum absolute atomic E-state index is 9.09. The molecular formula is C14H16BrN3O. The fraction of sp³-hybridized carbons (Fsp3) is 0.429. The van der Waals surface area contributed by atoms with Gasteiger partial charge >= 0.3 is 0 Å². The van der Waals surface area contributed by atoms with Gasteiger partial charge in [-0.1, -0.05) is 0 Å². The van der Waals surface area contributed by atoms with Crippen molar-refractivity contribution in [1.29, 1.82) is 0 Å². The van der Waals surface area contributed by atoms with Crippen LogP contribution in [0.4, 0.5) is 5.69 Å². The lowest BCUT2D eigenvalue weighted by Crippen LogP contribution is -2.17. The number of aliphatic hydroxyl groups is 1. The Morgan fingerprint density at radius 2 is 2.21 bits per heavy atom. The Morgan fingerprint density at radius 3 is 2.95 bits per heavy atom. The first-order chi connectivity index (χ1) is 9.22. The minimum atomic E-state index is 0.268. The predicted molar refractivity (Wildman–Crippen MR) is 79.1 cm³/mol. The van der Waals surface area contributed by atoms with Crippen molar-refractivity contribution in [3.63, 3.8) is 0 Å². The number of aliphatic hydroxyl groups excluding tert-OH is 1. The quantitative estimate of drug-likeness (QED) is 0.888. The third-order valence-electron chi connectivity index (χ3n) is 3.80. The molecule has 1 saturated carbocycles. The summed E-state index contributed by atoms with van der Waals surface area (Å²) in [6, 6.07) is 3.92. The molecule has 0 aliphatic heterocycles. The number of rotatable bonds is 5. The molecule has 2 aromatic rings. The lowest BCUT2D eigenvalue weighted by Gasteiger charge is -2.16. The first-order valence-electron chi connectivity index (χ1n) is 6.47. The van der Waals surface area contributed by atoms with Crippen LogP contribution in [0.25, 0.3) is 11.0 Å². The molecule has 0 spiro atoms. The Labute approximate surface area is 120 Å². The largest absolute Gasteiger partial charge is 0.396 e. The fourth-order valence-corrected chi connectivity index (χ4v) is 2.68. The number of fused-ring (bicyclic) bond motifs is 1. The van der Waals surface area contributed by atoms with Gasteiger partial charge in [-0.05, 0) is 52.7 Å². The van der Waals surface area contributed by atoms with E-state index in [-0.39, 0.29) is 6.61 Å². The summed E-state index contributed by atoms with van der Waals surface area (Å²) in [5.41, 5.74) is 3.08. The molecule has 19 heavy (non-hydrogen) atoms. The molecule has 0 amide bonds. The van der Waals surface area contributed by atoms with Gasteiger partial charge in [-0.25, -0.2) is 0 Å². The van der Waals surface area contributed by atoms with Gasteiger partial charge in [0.05, 0.1) is 11.2 Å². The van der Waals surface area contributed by atoms with Crippen LogP contribution in [0.2, 0.25) is 0 Å². The standard InChI is InChI=1S/C14H16BrN3O/c15-10-7-12-13(17-8-10)11(1-5-16-12)18-9-14(2-3-14)4-6-19/h1,5,7-8,19H,2-4,6,9H2,(H,16,18). The molecule has 3 rings (SSSR count). The second-order valence-corrected chi connectivity index (χ2v) is 6.12. The summed E-state index contributed by atoms with van der Waals surface area (Å²) in [6.45, 7) is 1.16. The van der Waals surface area contributed by atoms with Gasteiger partial charge in [0.1, 0.15) is 5.52 Å². The summed E-state index contributed by atoms with van der Waals surface area (Å²) >= 11 is 3.41. The highest BCUT2D eigenvalue weighted by Crippen LogP contribution is 2.48. The van der Waals surface area contributed by atoms with Crippen LogP contribution in [0.1, 0.15) is 19.3 Å². The minimum absolute atomic E-state index is 0.268. The Morgan fingerprint density at radius 1 is 1.37 bits per heavy atom. The maximum Gasteiger partial charge on any atom is 0.112 e. The number of hydrogen-bond acceptors (Lipinski definition) is 4. The van der Waals surface area contributed by atoms with Gasteiger partial charge in [0, 0.05) is 30.0 Å². The van der Waals surface area contributed by atoms with E-state index in [1.54, 1.807) is 12.4 Å². The van der Waals surface area contributed by atoms with Gasteiger partial charge in [-0.3, -0.25) is 9.97 Å². The minimum Gasteiger partial charge on any atom is -0.396 e. The smallest absolute Gasteiger partial charge is 0.112 e. The van der Waals surface area contributed by atoms with E-state index in [0.717, 1.165) is 34.2 Å². The number of hydrogen-bond donors (Lipinski definition) is 2. The van der Waals surface area contributed by atoms with Gasteiger partial charge in [-0.15, -0.1) is 0 Å². The Hall–Kier alpha value is -1.20. The number of aromatic nitrogens is 2. The van der Waals surface area contributed by atoms with Gasteiger partial charge in [0.25, 0.3) is 0 Å². The number of nitrogens with zero attached hydrogens (tertiary/aromatic N) is 2. The summed E-state index contributed by atoms with van der Waals surface area (Å²) in [4.78, 5) is 8.75. The molecular weight excluding hydrogens is 306 g/mol. The van der Waals surface area contributed by atoms with Crippen LogP contribution >= 0.6 is 15.9 Å². The normalized spacial score (nSPS) is 16.5. The number of nitrogens with one attached hydrogen (secondary N) is 1. The molecule has 2 aromatic heterocycles. The lowest BCUT2D eigenvalue weighted by molar-refractivity contribution is 0.253. The van der Waals surface area contributed by atoms with Crippen molar-refractivity contribution in [2.75, 3.05) is 18.5 Å². The molecule has 4 nitrogen and oxygen atoms in total. The van der Waals surface area contributed by atoms with E-state index in [0.29, 0.717) is 5.41 Å². The highest BCUT2D eigenvalue weighted by molar-refractivity contribution is 9.10. The Balaban J connectivity index is 1.81. The number of pyridine rings is 2. The third kappa shape index (κ3) is 2.72. The van der Waals surface area contributed by atoms with Crippen molar-refractivity contribution < 1.29 is 5.11 Å². The molecule has 2 N–H and O–H groups in total. The van der Waals surface area contributed by atoms with E-state index < -0.39 is 0 Å². The monoisotopic (exact) mass is 321 g/mol. The summed E-state index contributed by atoms with van der Waals surface area (Å²) in [5.74, 6) is 0. The van der Waals surface area contributed by atoms with Gasteiger partial charge < -0.3 is 10.4 Å². The zero-order chi connectivity index (χ0) is 13.3. The van der Waals surface area contributed by atoms with E-state index in [2.05, 4.69) is 31.2 Å². The second-order valence-electron chi connectivity index (χ2n) is 5.21. The van der Waals surface area contributed by atoms with E-state index in [1.165, 1.54) is 12.8 Å². The zero-order valence-corrected chi connectivity index (χ0v) is 12.2. The topological polar surface area (TPSA) is 58.0 Å². The predicted octanol–water partition coefficient (Wildman–Crippen LogP) is 2.97. The van der Waals surface area contributed by atoms with E-state index in [9.17, 15) is 0 Å². The molecule has 1 aliphatic carbocycles. The average Bonchev–Trinajstić information content (AvgIpc) is 3.16. The second kappa shape index (κ2) is 5.06. The lowest BCUT2D eigenvalue weighted by atomic mass is 10.0. The molecule has 0 aromatic carbocycles. The van der Waals surface area contributed by atoms with Crippen LogP contribution in [-0.2, 0) is 0 Å². The van der Waals surface area contributed by atoms with Crippen LogP contribution in [0.15, 0.2) is 29.0 Å².